The van der Waals surface area contributed by atoms with Crippen molar-refractivity contribution in [1.29, 1.82) is 0 Å². The number of likely N-dealkylation sites (tertiary alicyclic amines) is 1. The summed E-state index contributed by atoms with van der Waals surface area (Å²) in [5.74, 6) is 0. The maximum absolute atomic E-state index is 4.49. The van der Waals surface area contributed by atoms with Crippen LogP contribution >= 0.6 is 0 Å². The van der Waals surface area contributed by atoms with Crippen LogP contribution in [0.25, 0.3) is 0 Å². The van der Waals surface area contributed by atoms with E-state index in [-0.39, 0.29) is 0 Å². The first-order valence-corrected chi connectivity index (χ1v) is 6.11. The van der Waals surface area contributed by atoms with E-state index in [9.17, 15) is 0 Å². The first-order chi connectivity index (χ1) is 7.72. The highest BCUT2D eigenvalue weighted by molar-refractivity contribution is 5.07. The Morgan fingerprint density at radius 2 is 2.12 bits per heavy atom. The third-order valence-corrected chi connectivity index (χ3v) is 3.61. The molecule has 1 aromatic rings. The molecular weight excluding hydrogens is 200 g/mol. The predicted octanol–water partition coefficient (Wildman–Crippen LogP) is 1.43. The van der Waals surface area contributed by atoms with Crippen molar-refractivity contribution in [2.45, 2.75) is 31.8 Å². The third-order valence-electron chi connectivity index (χ3n) is 3.61. The molecule has 1 aliphatic rings. The molecule has 0 aliphatic carbocycles. The lowest BCUT2D eigenvalue weighted by Gasteiger charge is -2.30. The van der Waals surface area contributed by atoms with Gasteiger partial charge in [0.1, 0.15) is 0 Å². The third kappa shape index (κ3) is 2.28. The van der Waals surface area contributed by atoms with Crippen LogP contribution in [0.2, 0.25) is 0 Å². The van der Waals surface area contributed by atoms with Gasteiger partial charge in [-0.15, -0.1) is 0 Å². The second kappa shape index (κ2) is 4.97. The van der Waals surface area contributed by atoms with Crippen LogP contribution < -0.4 is 5.32 Å². The number of rotatable bonds is 3. The first kappa shape index (κ1) is 11.6. The number of nitrogens with zero attached hydrogens (tertiary/aromatic N) is 3. The van der Waals surface area contributed by atoms with E-state index in [1.807, 2.05) is 13.2 Å². The normalized spacial score (nSPS) is 21.2. The van der Waals surface area contributed by atoms with Gasteiger partial charge in [-0.05, 0) is 53.0 Å². The lowest BCUT2D eigenvalue weighted by molar-refractivity contribution is 0.208. The maximum atomic E-state index is 4.49. The van der Waals surface area contributed by atoms with Crippen LogP contribution in [0.15, 0.2) is 12.3 Å². The first-order valence-electron chi connectivity index (χ1n) is 6.11. The van der Waals surface area contributed by atoms with Gasteiger partial charge in [0, 0.05) is 12.2 Å². The molecule has 0 aromatic carbocycles. The minimum atomic E-state index is 0.377. The Balaban J connectivity index is 2.11. The van der Waals surface area contributed by atoms with E-state index in [1.54, 1.807) is 0 Å². The number of hydrogen-bond donors (Lipinski definition) is 1. The highest BCUT2D eigenvalue weighted by Gasteiger charge is 2.21. The fourth-order valence-corrected chi connectivity index (χ4v) is 2.36. The van der Waals surface area contributed by atoms with Crippen LogP contribution in [0.5, 0.6) is 0 Å². The number of hydrogen-bond acceptors (Lipinski definition) is 3. The lowest BCUT2D eigenvalue weighted by atomic mass is 10.1. The fraction of sp³-hybridized carbons (Fsp3) is 0.750. The van der Waals surface area contributed by atoms with E-state index < -0.39 is 0 Å². The SMILES string of the molecule is CNC(C)c1ccnn1C1CCN(C)CC1. The lowest BCUT2D eigenvalue weighted by Crippen LogP contribution is -2.33. The Kier molecular flexibility index (Phi) is 3.61. The smallest absolute Gasteiger partial charge is 0.0553 e. The van der Waals surface area contributed by atoms with Crippen molar-refractivity contribution in [3.63, 3.8) is 0 Å². The van der Waals surface area contributed by atoms with Crippen LogP contribution in [0.3, 0.4) is 0 Å². The van der Waals surface area contributed by atoms with Gasteiger partial charge < -0.3 is 10.2 Å². The molecule has 1 atom stereocenters. The minimum absolute atomic E-state index is 0.377. The summed E-state index contributed by atoms with van der Waals surface area (Å²) < 4.78 is 2.22. The van der Waals surface area contributed by atoms with E-state index in [0.717, 1.165) is 0 Å². The maximum Gasteiger partial charge on any atom is 0.0553 e. The van der Waals surface area contributed by atoms with Crippen molar-refractivity contribution in [3.05, 3.63) is 18.0 Å². The largest absolute Gasteiger partial charge is 0.312 e. The predicted molar refractivity (Wildman–Crippen MR) is 65.5 cm³/mol. The molecule has 0 spiro atoms. The van der Waals surface area contributed by atoms with Gasteiger partial charge in [-0.25, -0.2) is 0 Å². The molecule has 0 amide bonds. The second-order valence-corrected chi connectivity index (χ2v) is 4.75. The summed E-state index contributed by atoms with van der Waals surface area (Å²) >= 11 is 0. The Morgan fingerprint density at radius 1 is 1.44 bits per heavy atom. The average Bonchev–Trinajstić information content (AvgIpc) is 2.78. The Morgan fingerprint density at radius 3 is 2.75 bits per heavy atom. The summed E-state index contributed by atoms with van der Waals surface area (Å²) in [6.07, 6.45) is 4.34. The van der Waals surface area contributed by atoms with Crippen LogP contribution in [0, 0.1) is 0 Å². The molecule has 4 nitrogen and oxygen atoms in total. The Hall–Kier alpha value is -0.870. The summed E-state index contributed by atoms with van der Waals surface area (Å²) in [7, 11) is 4.19. The molecule has 1 aliphatic heterocycles. The van der Waals surface area contributed by atoms with Crippen molar-refractivity contribution < 1.29 is 0 Å². The van der Waals surface area contributed by atoms with Gasteiger partial charge in [-0.3, -0.25) is 4.68 Å². The molecule has 90 valence electrons. The van der Waals surface area contributed by atoms with E-state index in [4.69, 9.17) is 0 Å². The molecule has 2 heterocycles. The number of aromatic nitrogens is 2. The van der Waals surface area contributed by atoms with Crippen LogP contribution in [-0.4, -0.2) is 41.9 Å². The molecule has 4 heteroatoms. The van der Waals surface area contributed by atoms with Crippen molar-refractivity contribution in [3.8, 4) is 0 Å². The highest BCUT2D eigenvalue weighted by atomic mass is 15.3. The molecule has 1 saturated heterocycles. The van der Waals surface area contributed by atoms with Gasteiger partial charge in [0.2, 0.25) is 0 Å². The molecule has 1 N–H and O–H groups in total. The standard InChI is InChI=1S/C12H22N4/c1-10(13-2)12-4-7-14-16(12)11-5-8-15(3)9-6-11/h4,7,10-11,13H,5-6,8-9H2,1-3H3. The van der Waals surface area contributed by atoms with Gasteiger partial charge in [-0.2, -0.15) is 5.10 Å². The van der Waals surface area contributed by atoms with Crippen molar-refractivity contribution in [1.82, 2.24) is 20.0 Å². The van der Waals surface area contributed by atoms with Gasteiger partial charge >= 0.3 is 0 Å². The zero-order valence-electron chi connectivity index (χ0n) is 10.5. The molecule has 2 rings (SSSR count). The van der Waals surface area contributed by atoms with E-state index in [1.165, 1.54) is 31.6 Å². The molecule has 1 fully saturated rings. The molecule has 0 bridgehead atoms. The Labute approximate surface area is 97.6 Å². The summed E-state index contributed by atoms with van der Waals surface area (Å²) in [6.45, 7) is 4.54. The second-order valence-electron chi connectivity index (χ2n) is 4.75. The van der Waals surface area contributed by atoms with Gasteiger partial charge in [-0.1, -0.05) is 0 Å². The topological polar surface area (TPSA) is 33.1 Å². The molecule has 0 radical (unpaired) electrons. The van der Waals surface area contributed by atoms with Crippen molar-refractivity contribution >= 4 is 0 Å². The summed E-state index contributed by atoms with van der Waals surface area (Å²) in [4.78, 5) is 2.39. The van der Waals surface area contributed by atoms with E-state index >= 15 is 0 Å². The van der Waals surface area contributed by atoms with E-state index in [2.05, 4.69) is 40.0 Å². The van der Waals surface area contributed by atoms with Crippen LogP contribution in [0.1, 0.15) is 37.5 Å². The number of piperidine rings is 1. The Bertz CT molecular complexity index is 326. The minimum Gasteiger partial charge on any atom is -0.312 e. The molecular formula is C12H22N4. The molecule has 16 heavy (non-hydrogen) atoms. The van der Waals surface area contributed by atoms with Crippen LogP contribution in [-0.2, 0) is 0 Å². The van der Waals surface area contributed by atoms with Gasteiger partial charge in [0.05, 0.1) is 11.7 Å². The zero-order chi connectivity index (χ0) is 11.5. The summed E-state index contributed by atoms with van der Waals surface area (Å²) in [5.41, 5.74) is 1.30. The molecule has 1 aromatic heterocycles. The molecule has 1 unspecified atom stereocenters. The summed E-state index contributed by atoms with van der Waals surface area (Å²) in [5, 5.41) is 7.78. The zero-order valence-corrected chi connectivity index (χ0v) is 10.5. The van der Waals surface area contributed by atoms with Gasteiger partial charge in [0.15, 0.2) is 0 Å². The van der Waals surface area contributed by atoms with Crippen LogP contribution in [0.4, 0.5) is 0 Å². The quantitative estimate of drug-likeness (QED) is 0.840. The fourth-order valence-electron chi connectivity index (χ4n) is 2.36. The van der Waals surface area contributed by atoms with Crippen molar-refractivity contribution in [2.75, 3.05) is 27.2 Å². The highest BCUT2D eigenvalue weighted by Crippen LogP contribution is 2.24. The van der Waals surface area contributed by atoms with E-state index in [0.29, 0.717) is 12.1 Å². The monoisotopic (exact) mass is 222 g/mol. The average molecular weight is 222 g/mol. The van der Waals surface area contributed by atoms with Crippen molar-refractivity contribution in [2.24, 2.45) is 0 Å². The number of nitrogens with one attached hydrogen (secondary N) is 1. The molecule has 0 saturated carbocycles. The van der Waals surface area contributed by atoms with Gasteiger partial charge in [0.25, 0.3) is 0 Å². The summed E-state index contributed by atoms with van der Waals surface area (Å²) in [6, 6.07) is 3.08.